The minimum atomic E-state index is -1.11. The van der Waals surface area contributed by atoms with E-state index in [2.05, 4.69) is 22.2 Å². The fraction of sp³-hybridized carbons (Fsp3) is 0.297. The molecule has 3 aromatic heterocycles. The van der Waals surface area contributed by atoms with Crippen LogP contribution in [0.3, 0.4) is 0 Å². The van der Waals surface area contributed by atoms with Crippen molar-refractivity contribution in [1.82, 2.24) is 18.6 Å². The summed E-state index contributed by atoms with van der Waals surface area (Å²) >= 11 is 0. The number of nitrogens with zero attached hydrogens (tertiary/aromatic N) is 5. The Bertz CT molecular complexity index is 2130. The van der Waals surface area contributed by atoms with Crippen LogP contribution in [0.1, 0.15) is 72.2 Å². The molecule has 1 fully saturated rings. The van der Waals surface area contributed by atoms with Crippen molar-refractivity contribution < 1.29 is 33.8 Å². The first-order chi connectivity index (χ1) is 24.3. The second-order valence-corrected chi connectivity index (χ2v) is 13.0. The summed E-state index contributed by atoms with van der Waals surface area (Å²) in [5.74, 6) is -1.45. The van der Waals surface area contributed by atoms with E-state index in [4.69, 9.17) is 4.74 Å². The number of ketones is 1. The fourth-order valence-electron chi connectivity index (χ4n) is 6.44. The van der Waals surface area contributed by atoms with Crippen LogP contribution in [0.5, 0.6) is 5.75 Å². The second-order valence-electron chi connectivity index (χ2n) is 13.0. The Morgan fingerprint density at radius 2 is 1.63 bits per heavy atom. The van der Waals surface area contributed by atoms with Gasteiger partial charge in [0.25, 0.3) is 11.8 Å². The number of nitrogens with one attached hydrogen (secondary N) is 2. The Morgan fingerprint density at radius 3 is 2.35 bits per heavy atom. The summed E-state index contributed by atoms with van der Waals surface area (Å²) in [6.07, 6.45) is 8.01. The number of fused-ring (bicyclic) bond motifs is 2. The molecule has 51 heavy (non-hydrogen) atoms. The topological polar surface area (TPSA) is 169 Å². The molecule has 0 bridgehead atoms. The summed E-state index contributed by atoms with van der Waals surface area (Å²) in [6.45, 7) is 6.70. The van der Waals surface area contributed by atoms with Crippen LogP contribution in [-0.2, 0) is 32.4 Å². The molecule has 2 aliphatic rings. The van der Waals surface area contributed by atoms with Crippen LogP contribution in [0.4, 0.5) is 17.1 Å². The minimum Gasteiger partial charge on any atom is -0.493 e. The van der Waals surface area contributed by atoms with Crippen molar-refractivity contribution in [2.75, 3.05) is 23.8 Å². The number of carbonyl (C=O) groups is 5. The third-order valence-electron chi connectivity index (χ3n) is 8.98. The summed E-state index contributed by atoms with van der Waals surface area (Å²) in [4.78, 5) is 69.7. The molecule has 14 heteroatoms. The molecule has 6 rings (SSSR count). The monoisotopic (exact) mass is 693 g/mol. The number of aromatic nitrogens is 3. The number of hydrogen-bond acceptors (Lipinski definition) is 7. The minimum absolute atomic E-state index is 0.0222. The van der Waals surface area contributed by atoms with E-state index >= 15 is 0 Å². The lowest BCUT2D eigenvalue weighted by atomic mass is 10.1. The number of aromatic carboxylic acids is 1. The van der Waals surface area contributed by atoms with Gasteiger partial charge in [0.15, 0.2) is 5.78 Å². The van der Waals surface area contributed by atoms with Gasteiger partial charge in [-0.05, 0) is 55.2 Å². The van der Waals surface area contributed by atoms with E-state index in [1.165, 1.54) is 16.8 Å². The van der Waals surface area contributed by atoms with E-state index < -0.39 is 11.9 Å². The summed E-state index contributed by atoms with van der Waals surface area (Å²) < 4.78 is 10.6. The number of hydrogen-bond donors (Lipinski definition) is 3. The number of anilines is 2. The summed E-state index contributed by atoms with van der Waals surface area (Å²) in [5.41, 5.74) is 5.08. The van der Waals surface area contributed by atoms with Crippen LogP contribution in [0.2, 0.25) is 0 Å². The molecule has 1 aromatic carbocycles. The van der Waals surface area contributed by atoms with Crippen LogP contribution in [0, 0.1) is 6.92 Å². The number of carbonyl (C=O) groups excluding carboxylic acids is 4. The van der Waals surface area contributed by atoms with Crippen molar-refractivity contribution in [2.45, 2.75) is 38.6 Å². The van der Waals surface area contributed by atoms with Crippen molar-refractivity contribution in [2.24, 2.45) is 26.1 Å². The van der Waals surface area contributed by atoms with Gasteiger partial charge in [0.1, 0.15) is 17.1 Å². The lowest BCUT2D eigenvalue weighted by molar-refractivity contribution is -0.116. The fourth-order valence-corrected chi connectivity index (χ4v) is 6.44. The molecule has 5 heterocycles. The van der Waals surface area contributed by atoms with Crippen molar-refractivity contribution in [3.05, 3.63) is 94.8 Å². The molecular weight excluding hydrogens is 654 g/mol. The number of amides is 3. The molecule has 0 radical (unpaired) electrons. The summed E-state index contributed by atoms with van der Waals surface area (Å²) in [7, 11) is 4.97. The first-order valence-electron chi connectivity index (χ1n) is 16.4. The number of aliphatic imine (C=N–C) groups is 1. The Hall–Kier alpha value is -6.18. The second kappa shape index (κ2) is 14.0. The van der Waals surface area contributed by atoms with E-state index in [0.29, 0.717) is 64.7 Å². The van der Waals surface area contributed by atoms with Gasteiger partial charge in [-0.15, -0.1) is 0 Å². The quantitative estimate of drug-likeness (QED) is 0.110. The molecule has 3 N–H and O–H groups in total. The van der Waals surface area contributed by atoms with Crippen molar-refractivity contribution in [1.29, 1.82) is 0 Å². The molecule has 0 aliphatic carbocycles. The molecule has 0 saturated carbocycles. The third kappa shape index (κ3) is 7.39. The van der Waals surface area contributed by atoms with Crippen molar-refractivity contribution in [3.8, 4) is 5.75 Å². The van der Waals surface area contributed by atoms with E-state index in [0.717, 1.165) is 11.1 Å². The number of benzene rings is 1. The normalized spacial score (nSPS) is 15.0. The molecule has 2 aliphatic heterocycles. The predicted molar refractivity (Wildman–Crippen MR) is 190 cm³/mol. The molecule has 264 valence electrons. The van der Waals surface area contributed by atoms with Gasteiger partial charge in [0.05, 0.1) is 41.0 Å². The largest absolute Gasteiger partial charge is 0.493 e. The van der Waals surface area contributed by atoms with Gasteiger partial charge < -0.3 is 39.1 Å². The number of Topliss-reactive ketones (excluding diaryl/α,β-unsaturated/α-hetero) is 1. The van der Waals surface area contributed by atoms with Gasteiger partial charge in [-0.3, -0.25) is 24.2 Å². The average molecular weight is 694 g/mol. The van der Waals surface area contributed by atoms with Crippen molar-refractivity contribution in [3.63, 3.8) is 0 Å². The van der Waals surface area contributed by atoms with Crippen LogP contribution in [0.15, 0.2) is 66.1 Å². The first kappa shape index (κ1) is 34.7. The Kier molecular flexibility index (Phi) is 9.50. The summed E-state index contributed by atoms with van der Waals surface area (Å²) in [6, 6.07) is 8.08. The van der Waals surface area contributed by atoms with E-state index in [-0.39, 0.29) is 48.8 Å². The maximum absolute atomic E-state index is 13.2. The van der Waals surface area contributed by atoms with E-state index in [1.807, 2.05) is 6.92 Å². The van der Waals surface area contributed by atoms with Gasteiger partial charge in [0, 0.05) is 71.4 Å². The molecule has 4 aromatic rings. The molecule has 0 unspecified atom stereocenters. The molecule has 14 nitrogen and oxygen atoms in total. The lowest BCUT2D eigenvalue weighted by Crippen LogP contribution is -2.35. The van der Waals surface area contributed by atoms with Gasteiger partial charge in [-0.25, -0.2) is 4.79 Å². The SMILES string of the molecule is C=C1C[C@H]2C=Nc3cc(OCCCC(=O)Nc4cc(C(=O)Cc5cc(C(=O)Nc6cc(C(=O)O)n(C)c6)n(C)c5)n(C)c4)c(C)cc3C(=O)N2C1. The lowest BCUT2D eigenvalue weighted by Gasteiger charge is -2.20. The third-order valence-corrected chi connectivity index (χ3v) is 8.98. The van der Waals surface area contributed by atoms with Gasteiger partial charge in [-0.2, -0.15) is 0 Å². The van der Waals surface area contributed by atoms with Crippen LogP contribution in [-0.4, -0.2) is 78.6 Å². The molecule has 1 atom stereocenters. The van der Waals surface area contributed by atoms with Crippen LogP contribution in [0.25, 0.3) is 0 Å². The molecular formula is C37H39N7O7. The highest BCUT2D eigenvalue weighted by Gasteiger charge is 2.34. The highest BCUT2D eigenvalue weighted by molar-refractivity contribution is 6.05. The van der Waals surface area contributed by atoms with Crippen LogP contribution >= 0.6 is 0 Å². The van der Waals surface area contributed by atoms with E-state index in [9.17, 15) is 29.1 Å². The maximum atomic E-state index is 13.2. The maximum Gasteiger partial charge on any atom is 0.352 e. The summed E-state index contributed by atoms with van der Waals surface area (Å²) in [5, 5.41) is 14.8. The first-order valence-corrected chi connectivity index (χ1v) is 16.4. The van der Waals surface area contributed by atoms with Gasteiger partial charge in [-0.1, -0.05) is 12.2 Å². The zero-order chi connectivity index (χ0) is 36.6. The van der Waals surface area contributed by atoms with E-state index in [1.54, 1.807) is 78.1 Å². The van der Waals surface area contributed by atoms with Gasteiger partial charge in [0.2, 0.25) is 5.91 Å². The zero-order valence-corrected chi connectivity index (χ0v) is 28.9. The number of carboxylic acids is 1. The Morgan fingerprint density at radius 1 is 0.941 bits per heavy atom. The Balaban J connectivity index is 0.995. The highest BCUT2D eigenvalue weighted by Crippen LogP contribution is 2.34. The smallest absolute Gasteiger partial charge is 0.352 e. The number of rotatable bonds is 12. The number of aryl methyl sites for hydroxylation is 4. The highest BCUT2D eigenvalue weighted by atomic mass is 16.5. The number of ether oxygens (including phenoxy) is 1. The predicted octanol–water partition coefficient (Wildman–Crippen LogP) is 4.67. The molecule has 0 spiro atoms. The van der Waals surface area contributed by atoms with Gasteiger partial charge >= 0.3 is 5.97 Å². The number of carboxylic acid groups (broad SMARTS) is 1. The Labute approximate surface area is 294 Å². The molecule has 1 saturated heterocycles. The standard InChI is InChI=1S/C37H39N7O7/c1-21-9-26-16-38-28-15-33(22(2)10-27(28)36(48)44(26)17-21)51-8-6-7-34(46)39-24-13-29(42(4)19-24)32(45)12-23-11-30(41(3)18-23)35(47)40-25-14-31(37(49)50)43(5)20-25/h10-11,13-16,18-20,26H,1,6-9,12,17H2,2-5H3,(H,39,46)(H,40,47)(H,49,50)/t26-/m0/s1. The molecule has 3 amide bonds. The van der Waals surface area contributed by atoms with Crippen LogP contribution < -0.4 is 15.4 Å². The van der Waals surface area contributed by atoms with Crippen molar-refractivity contribution >= 4 is 52.8 Å². The average Bonchev–Trinajstić information content (AvgIpc) is 3.82. The zero-order valence-electron chi connectivity index (χ0n) is 28.9.